The number of nitrogens with zero attached hydrogens (tertiary/aromatic N) is 1. The van der Waals surface area contributed by atoms with Gasteiger partial charge in [0.25, 0.3) is 15.9 Å². The predicted molar refractivity (Wildman–Crippen MR) is 111 cm³/mol. The molecule has 2 aromatic rings. The van der Waals surface area contributed by atoms with Crippen LogP contribution < -0.4 is 4.72 Å². The molecule has 1 N–H and O–H groups in total. The lowest BCUT2D eigenvalue weighted by molar-refractivity contribution is -0.144. The zero-order valence-electron chi connectivity index (χ0n) is 16.7. The molecule has 0 saturated heterocycles. The molecule has 2 aromatic carbocycles. The SMILES string of the molecule is CCOC(=O)CN(C(=O)c1ccc(NS(=O)(=O)c2ccc(F)c(Cl)c2)cc1)C(C)C. The van der Waals surface area contributed by atoms with E-state index in [1.54, 1.807) is 20.8 Å². The molecule has 0 aliphatic heterocycles. The van der Waals surface area contributed by atoms with Gasteiger partial charge in [0.15, 0.2) is 0 Å². The molecular weight excluding hydrogens is 435 g/mol. The molecule has 30 heavy (non-hydrogen) atoms. The summed E-state index contributed by atoms with van der Waals surface area (Å²) in [5.74, 6) is -1.63. The van der Waals surface area contributed by atoms with Gasteiger partial charge in [-0.1, -0.05) is 11.6 Å². The number of esters is 1. The van der Waals surface area contributed by atoms with Crippen LogP contribution in [0.5, 0.6) is 0 Å². The highest BCUT2D eigenvalue weighted by molar-refractivity contribution is 7.92. The number of benzene rings is 2. The number of hydrogen-bond donors (Lipinski definition) is 1. The summed E-state index contributed by atoms with van der Waals surface area (Å²) in [5.41, 5.74) is 0.481. The van der Waals surface area contributed by atoms with Gasteiger partial charge in [-0.2, -0.15) is 0 Å². The molecule has 0 saturated carbocycles. The summed E-state index contributed by atoms with van der Waals surface area (Å²) in [6.45, 7) is 5.25. The molecule has 0 fully saturated rings. The van der Waals surface area contributed by atoms with Crippen LogP contribution >= 0.6 is 11.6 Å². The predicted octanol–water partition coefficient (Wildman–Crippen LogP) is 3.69. The first kappa shape index (κ1) is 23.6. The molecule has 162 valence electrons. The fourth-order valence-corrected chi connectivity index (χ4v) is 3.87. The number of carbonyl (C=O) groups excluding carboxylic acids is 2. The van der Waals surface area contributed by atoms with Gasteiger partial charge < -0.3 is 9.64 Å². The van der Waals surface area contributed by atoms with E-state index in [1.165, 1.54) is 29.2 Å². The highest BCUT2D eigenvalue weighted by atomic mass is 35.5. The van der Waals surface area contributed by atoms with Crippen molar-refractivity contribution in [3.05, 3.63) is 58.9 Å². The van der Waals surface area contributed by atoms with Crippen molar-refractivity contribution in [1.29, 1.82) is 0 Å². The molecule has 2 rings (SSSR count). The third kappa shape index (κ3) is 5.93. The van der Waals surface area contributed by atoms with Gasteiger partial charge in [-0.05, 0) is 63.2 Å². The van der Waals surface area contributed by atoms with Crippen molar-refractivity contribution in [3.8, 4) is 0 Å². The van der Waals surface area contributed by atoms with E-state index >= 15 is 0 Å². The number of nitrogens with one attached hydrogen (secondary N) is 1. The molecule has 10 heteroatoms. The van der Waals surface area contributed by atoms with Crippen LogP contribution in [0, 0.1) is 5.82 Å². The second-order valence-corrected chi connectivity index (χ2v) is 8.68. The molecule has 0 aliphatic rings. The minimum atomic E-state index is -4.00. The van der Waals surface area contributed by atoms with Crippen molar-refractivity contribution < 1.29 is 27.1 Å². The number of ether oxygens (including phenoxy) is 1. The maximum absolute atomic E-state index is 13.3. The van der Waals surface area contributed by atoms with Crippen molar-refractivity contribution in [2.45, 2.75) is 31.7 Å². The van der Waals surface area contributed by atoms with Crippen LogP contribution in [0.1, 0.15) is 31.1 Å². The third-order valence-electron chi connectivity index (χ3n) is 4.07. The van der Waals surface area contributed by atoms with Gasteiger partial charge in [0, 0.05) is 17.3 Å². The average molecular weight is 457 g/mol. The van der Waals surface area contributed by atoms with Gasteiger partial charge >= 0.3 is 5.97 Å². The molecule has 0 heterocycles. The minimum absolute atomic E-state index is 0.190. The van der Waals surface area contributed by atoms with Crippen molar-refractivity contribution in [2.75, 3.05) is 17.9 Å². The Bertz CT molecular complexity index is 1030. The second-order valence-electron chi connectivity index (χ2n) is 6.59. The first-order valence-electron chi connectivity index (χ1n) is 9.09. The Hall–Kier alpha value is -2.65. The van der Waals surface area contributed by atoms with E-state index in [0.717, 1.165) is 18.2 Å². The van der Waals surface area contributed by atoms with Crippen LogP contribution in [0.3, 0.4) is 0 Å². The third-order valence-corrected chi connectivity index (χ3v) is 5.74. The summed E-state index contributed by atoms with van der Waals surface area (Å²) < 4.78 is 45.4. The molecule has 0 aliphatic carbocycles. The first-order valence-corrected chi connectivity index (χ1v) is 11.0. The van der Waals surface area contributed by atoms with Crippen LogP contribution in [0.25, 0.3) is 0 Å². The fourth-order valence-electron chi connectivity index (χ4n) is 2.54. The Morgan fingerprint density at radius 1 is 1.17 bits per heavy atom. The van der Waals surface area contributed by atoms with Crippen LogP contribution in [-0.4, -0.2) is 44.4 Å². The summed E-state index contributed by atoms with van der Waals surface area (Å²) in [6.07, 6.45) is 0. The molecular formula is C20H22ClFN2O5S. The minimum Gasteiger partial charge on any atom is -0.465 e. The number of anilines is 1. The van der Waals surface area contributed by atoms with Crippen LogP contribution in [-0.2, 0) is 19.6 Å². The number of amides is 1. The highest BCUT2D eigenvalue weighted by Crippen LogP contribution is 2.22. The van der Waals surface area contributed by atoms with E-state index in [2.05, 4.69) is 4.72 Å². The summed E-state index contributed by atoms with van der Waals surface area (Å²) >= 11 is 5.65. The van der Waals surface area contributed by atoms with E-state index in [9.17, 15) is 22.4 Å². The van der Waals surface area contributed by atoms with Gasteiger partial charge in [0.2, 0.25) is 0 Å². The van der Waals surface area contributed by atoms with Crippen molar-refractivity contribution in [2.24, 2.45) is 0 Å². The molecule has 0 spiro atoms. The quantitative estimate of drug-likeness (QED) is 0.611. The Balaban J connectivity index is 2.17. The lowest BCUT2D eigenvalue weighted by Gasteiger charge is -2.25. The second kappa shape index (κ2) is 9.90. The molecule has 0 atom stereocenters. The van der Waals surface area contributed by atoms with E-state index in [0.29, 0.717) is 0 Å². The van der Waals surface area contributed by atoms with E-state index in [1.807, 2.05) is 0 Å². The topological polar surface area (TPSA) is 92.8 Å². The monoisotopic (exact) mass is 456 g/mol. The molecule has 0 unspecified atom stereocenters. The Labute approximate surface area is 179 Å². The van der Waals surface area contributed by atoms with Crippen LogP contribution in [0.15, 0.2) is 47.4 Å². The van der Waals surface area contributed by atoms with Crippen molar-refractivity contribution in [1.82, 2.24) is 4.90 Å². The lowest BCUT2D eigenvalue weighted by atomic mass is 10.1. The number of hydrogen-bond acceptors (Lipinski definition) is 5. The molecule has 7 nitrogen and oxygen atoms in total. The van der Waals surface area contributed by atoms with E-state index in [4.69, 9.17) is 16.3 Å². The highest BCUT2D eigenvalue weighted by Gasteiger charge is 2.22. The van der Waals surface area contributed by atoms with Gasteiger partial charge in [-0.25, -0.2) is 12.8 Å². The normalized spacial score (nSPS) is 11.3. The Morgan fingerprint density at radius 2 is 1.80 bits per heavy atom. The van der Waals surface area contributed by atoms with Crippen LogP contribution in [0.4, 0.5) is 10.1 Å². The first-order chi connectivity index (χ1) is 14.0. The number of rotatable bonds is 8. The van der Waals surface area contributed by atoms with Gasteiger partial charge in [0.1, 0.15) is 12.4 Å². The summed E-state index contributed by atoms with van der Waals surface area (Å²) in [6, 6.07) is 8.53. The molecule has 0 bridgehead atoms. The summed E-state index contributed by atoms with van der Waals surface area (Å²) in [4.78, 5) is 25.7. The zero-order chi connectivity index (χ0) is 22.5. The number of sulfonamides is 1. The average Bonchev–Trinajstić information content (AvgIpc) is 2.68. The standard InChI is InChI=1S/C20H22ClFN2O5S/c1-4-29-19(25)12-24(13(2)3)20(26)14-5-7-15(8-6-14)23-30(27,28)16-9-10-18(22)17(21)11-16/h5-11,13,23H,4,12H2,1-3H3. The lowest BCUT2D eigenvalue weighted by Crippen LogP contribution is -2.41. The Kier molecular flexibility index (Phi) is 7.80. The summed E-state index contributed by atoms with van der Waals surface area (Å²) in [5, 5.41) is -0.311. The van der Waals surface area contributed by atoms with Gasteiger partial charge in [0.05, 0.1) is 16.5 Å². The van der Waals surface area contributed by atoms with Gasteiger partial charge in [-0.3, -0.25) is 14.3 Å². The maximum atomic E-state index is 13.3. The molecule has 1 amide bonds. The van der Waals surface area contributed by atoms with Crippen molar-refractivity contribution in [3.63, 3.8) is 0 Å². The fraction of sp³-hybridized carbons (Fsp3) is 0.300. The number of carbonyl (C=O) groups is 2. The maximum Gasteiger partial charge on any atom is 0.325 e. The molecule has 0 radical (unpaired) electrons. The van der Waals surface area contributed by atoms with Crippen LogP contribution in [0.2, 0.25) is 5.02 Å². The summed E-state index contributed by atoms with van der Waals surface area (Å²) in [7, 11) is -4.00. The largest absolute Gasteiger partial charge is 0.465 e. The smallest absolute Gasteiger partial charge is 0.325 e. The Morgan fingerprint density at radius 3 is 2.33 bits per heavy atom. The molecule has 0 aromatic heterocycles. The van der Waals surface area contributed by atoms with Gasteiger partial charge in [-0.15, -0.1) is 0 Å². The van der Waals surface area contributed by atoms with E-state index in [-0.39, 0.29) is 40.4 Å². The zero-order valence-corrected chi connectivity index (χ0v) is 18.3. The van der Waals surface area contributed by atoms with Crippen molar-refractivity contribution >= 4 is 39.2 Å². The number of halogens is 2. The van der Waals surface area contributed by atoms with E-state index < -0.39 is 27.7 Å².